The van der Waals surface area contributed by atoms with Gasteiger partial charge in [-0.3, -0.25) is 0 Å². The molecule has 0 atom stereocenters. The van der Waals surface area contributed by atoms with Crippen molar-refractivity contribution in [2.45, 2.75) is 42.4 Å². The van der Waals surface area contributed by atoms with Crippen molar-refractivity contribution in [1.82, 2.24) is 4.98 Å². The molecular weight excluding hydrogens is 234 g/mol. The third-order valence-electron chi connectivity index (χ3n) is 3.48. The van der Waals surface area contributed by atoms with Crippen LogP contribution in [0.4, 0.5) is 0 Å². The predicted molar refractivity (Wildman–Crippen MR) is 72.7 cm³/mol. The number of benzene rings is 1. The van der Waals surface area contributed by atoms with E-state index in [2.05, 4.69) is 35.8 Å². The average molecular weight is 249 g/mol. The fourth-order valence-corrected chi connectivity index (χ4v) is 3.71. The standard InChI is InChI=1S/C13H15NS2/c15-13-14-11-8-10(6-7-12(11)16-13)9-4-2-1-3-5-9/h6-9H,1-5H2,(H,14,15). The van der Waals surface area contributed by atoms with Gasteiger partial charge in [-0.2, -0.15) is 0 Å². The second kappa shape index (κ2) is 4.38. The highest BCUT2D eigenvalue weighted by Gasteiger charge is 2.16. The Morgan fingerprint density at radius 1 is 1.19 bits per heavy atom. The summed E-state index contributed by atoms with van der Waals surface area (Å²) in [4.78, 5) is 4.45. The molecule has 0 bridgehead atoms. The molecule has 1 aliphatic rings. The summed E-state index contributed by atoms with van der Waals surface area (Å²) in [5.74, 6) is 0.767. The maximum atomic E-state index is 4.45. The van der Waals surface area contributed by atoms with Crippen molar-refractivity contribution in [1.29, 1.82) is 0 Å². The molecule has 1 nitrogen and oxygen atoms in total. The normalized spacial score (nSPS) is 18.1. The first kappa shape index (κ1) is 10.6. The zero-order chi connectivity index (χ0) is 11.0. The molecule has 0 unspecified atom stereocenters. The number of hydrogen-bond donors (Lipinski definition) is 1. The lowest BCUT2D eigenvalue weighted by molar-refractivity contribution is 0.444. The fraction of sp³-hybridized carbons (Fsp3) is 0.462. The van der Waals surface area contributed by atoms with Crippen molar-refractivity contribution in [3.63, 3.8) is 0 Å². The van der Waals surface area contributed by atoms with Gasteiger partial charge in [0.1, 0.15) is 4.34 Å². The molecule has 0 saturated heterocycles. The lowest BCUT2D eigenvalue weighted by atomic mass is 9.84. The van der Waals surface area contributed by atoms with Crippen LogP contribution in [0.3, 0.4) is 0 Å². The summed E-state index contributed by atoms with van der Waals surface area (Å²) in [6.45, 7) is 0. The Hall–Kier alpha value is -0.540. The lowest BCUT2D eigenvalue weighted by Gasteiger charge is -2.21. The van der Waals surface area contributed by atoms with Gasteiger partial charge in [0.15, 0.2) is 0 Å². The van der Waals surface area contributed by atoms with Gasteiger partial charge in [0.25, 0.3) is 0 Å². The Morgan fingerprint density at radius 2 is 2.00 bits per heavy atom. The zero-order valence-corrected chi connectivity index (χ0v) is 10.9. The molecule has 1 aliphatic carbocycles. The van der Waals surface area contributed by atoms with Crippen LogP contribution in [0.15, 0.2) is 22.5 Å². The van der Waals surface area contributed by atoms with Gasteiger partial charge in [-0.05, 0) is 36.5 Å². The van der Waals surface area contributed by atoms with Gasteiger partial charge in [0, 0.05) is 0 Å². The molecule has 84 valence electrons. The number of fused-ring (bicyclic) bond motifs is 1. The number of thiol groups is 1. The molecule has 0 aliphatic heterocycles. The van der Waals surface area contributed by atoms with Crippen LogP contribution in [0.2, 0.25) is 0 Å². The number of aromatic nitrogens is 1. The average Bonchev–Trinajstić information content (AvgIpc) is 2.69. The summed E-state index contributed by atoms with van der Waals surface area (Å²) < 4.78 is 2.13. The molecule has 1 heterocycles. The van der Waals surface area contributed by atoms with E-state index in [4.69, 9.17) is 0 Å². The van der Waals surface area contributed by atoms with Crippen LogP contribution in [0.1, 0.15) is 43.6 Å². The van der Waals surface area contributed by atoms with E-state index in [1.807, 2.05) is 0 Å². The third-order valence-corrected chi connectivity index (χ3v) is 4.69. The molecule has 1 fully saturated rings. The predicted octanol–water partition coefficient (Wildman–Crippen LogP) is 4.63. The molecule has 2 aromatic rings. The van der Waals surface area contributed by atoms with Crippen LogP contribution >= 0.6 is 24.0 Å². The van der Waals surface area contributed by atoms with Crippen LogP contribution in [-0.4, -0.2) is 4.98 Å². The number of rotatable bonds is 1. The molecule has 0 N–H and O–H groups in total. The number of thiazole rings is 1. The minimum absolute atomic E-state index is 0.767. The SMILES string of the molecule is Sc1nc2cc(C3CCCCC3)ccc2s1. The first-order valence-electron chi connectivity index (χ1n) is 5.92. The quantitative estimate of drug-likeness (QED) is 0.727. The third kappa shape index (κ3) is 1.98. The van der Waals surface area contributed by atoms with Crippen molar-refractivity contribution in [2.75, 3.05) is 0 Å². The van der Waals surface area contributed by atoms with Crippen molar-refractivity contribution in [2.24, 2.45) is 0 Å². The first-order chi connectivity index (χ1) is 7.83. The molecule has 16 heavy (non-hydrogen) atoms. The van der Waals surface area contributed by atoms with Gasteiger partial charge in [0.05, 0.1) is 10.2 Å². The van der Waals surface area contributed by atoms with E-state index in [1.54, 1.807) is 11.3 Å². The Morgan fingerprint density at radius 3 is 2.81 bits per heavy atom. The van der Waals surface area contributed by atoms with Crippen LogP contribution in [0.5, 0.6) is 0 Å². The van der Waals surface area contributed by atoms with E-state index in [1.165, 1.54) is 42.4 Å². The molecule has 3 rings (SSSR count). The highest BCUT2D eigenvalue weighted by Crippen LogP contribution is 2.35. The van der Waals surface area contributed by atoms with Crippen LogP contribution in [0.25, 0.3) is 10.2 Å². The monoisotopic (exact) mass is 249 g/mol. The Labute approximate surface area is 105 Å². The second-order valence-electron chi connectivity index (χ2n) is 4.56. The largest absolute Gasteiger partial charge is 0.230 e. The van der Waals surface area contributed by atoms with Crippen molar-refractivity contribution in [3.05, 3.63) is 23.8 Å². The van der Waals surface area contributed by atoms with E-state index in [-0.39, 0.29) is 0 Å². The van der Waals surface area contributed by atoms with E-state index in [0.717, 1.165) is 15.8 Å². The van der Waals surface area contributed by atoms with Crippen LogP contribution < -0.4 is 0 Å². The van der Waals surface area contributed by atoms with Crippen molar-refractivity contribution >= 4 is 34.2 Å². The van der Waals surface area contributed by atoms with E-state index >= 15 is 0 Å². The number of nitrogens with zero attached hydrogens (tertiary/aromatic N) is 1. The van der Waals surface area contributed by atoms with Crippen LogP contribution in [-0.2, 0) is 0 Å². The Bertz CT molecular complexity index is 498. The smallest absolute Gasteiger partial charge is 0.148 e. The molecule has 1 saturated carbocycles. The Balaban J connectivity index is 1.97. The maximum absolute atomic E-state index is 4.45. The Kier molecular flexibility index (Phi) is 2.90. The summed E-state index contributed by atoms with van der Waals surface area (Å²) in [6, 6.07) is 6.75. The van der Waals surface area contributed by atoms with Gasteiger partial charge in [-0.25, -0.2) is 4.98 Å². The molecule has 0 amide bonds. The minimum Gasteiger partial charge on any atom is -0.230 e. The summed E-state index contributed by atoms with van der Waals surface area (Å²) in [6.07, 6.45) is 6.89. The lowest BCUT2D eigenvalue weighted by Crippen LogP contribution is -2.04. The van der Waals surface area contributed by atoms with Gasteiger partial charge < -0.3 is 0 Å². The molecule has 0 radical (unpaired) electrons. The van der Waals surface area contributed by atoms with Gasteiger partial charge >= 0.3 is 0 Å². The molecule has 1 aromatic carbocycles. The minimum atomic E-state index is 0.767. The summed E-state index contributed by atoms with van der Waals surface area (Å²) >= 11 is 5.97. The van der Waals surface area contributed by atoms with Crippen molar-refractivity contribution < 1.29 is 0 Å². The molecular formula is C13H15NS2. The zero-order valence-electron chi connectivity index (χ0n) is 9.15. The topological polar surface area (TPSA) is 12.9 Å². The van der Waals surface area contributed by atoms with E-state index in [0.29, 0.717) is 0 Å². The van der Waals surface area contributed by atoms with Crippen LogP contribution in [0, 0.1) is 0 Å². The number of hydrogen-bond acceptors (Lipinski definition) is 3. The second-order valence-corrected chi connectivity index (χ2v) is 6.32. The highest BCUT2D eigenvalue weighted by molar-refractivity contribution is 7.82. The molecule has 0 spiro atoms. The molecule has 1 aromatic heterocycles. The molecule has 3 heteroatoms. The van der Waals surface area contributed by atoms with Gasteiger partial charge in [0.2, 0.25) is 0 Å². The fourth-order valence-electron chi connectivity index (χ4n) is 2.62. The van der Waals surface area contributed by atoms with Crippen molar-refractivity contribution in [3.8, 4) is 0 Å². The highest BCUT2D eigenvalue weighted by atomic mass is 32.2. The summed E-state index contributed by atoms with van der Waals surface area (Å²) in [5, 5.41) is 0. The van der Waals surface area contributed by atoms with Gasteiger partial charge in [-0.15, -0.1) is 24.0 Å². The van der Waals surface area contributed by atoms with E-state index < -0.39 is 0 Å². The maximum Gasteiger partial charge on any atom is 0.148 e. The van der Waals surface area contributed by atoms with Gasteiger partial charge in [-0.1, -0.05) is 25.3 Å². The first-order valence-corrected chi connectivity index (χ1v) is 7.19. The van der Waals surface area contributed by atoms with E-state index in [9.17, 15) is 0 Å². The summed E-state index contributed by atoms with van der Waals surface area (Å²) in [7, 11) is 0. The summed E-state index contributed by atoms with van der Waals surface area (Å²) in [5.41, 5.74) is 2.60.